The number of aromatic amines is 1. The van der Waals surface area contributed by atoms with Crippen LogP contribution in [-0.4, -0.2) is 48.8 Å². The fourth-order valence-corrected chi connectivity index (χ4v) is 7.71. The lowest BCUT2D eigenvalue weighted by Gasteiger charge is -2.40. The number of hydrogen-bond acceptors (Lipinski definition) is 7. The molecular formula is C38H38N2O6. The molecule has 5 aromatic rings. The van der Waals surface area contributed by atoms with E-state index in [4.69, 9.17) is 18.9 Å². The van der Waals surface area contributed by atoms with Crippen molar-refractivity contribution in [1.29, 1.82) is 0 Å². The van der Waals surface area contributed by atoms with Crippen LogP contribution in [0.2, 0.25) is 0 Å². The molecule has 0 saturated heterocycles. The molecule has 1 aliphatic carbocycles. The fraction of sp³-hybridized carbons (Fsp3) is 0.316. The maximum absolute atomic E-state index is 10.7. The van der Waals surface area contributed by atoms with Crippen molar-refractivity contribution in [1.82, 2.24) is 10.3 Å². The summed E-state index contributed by atoms with van der Waals surface area (Å²) in [6, 6.07) is 19.9. The number of hydrogen-bond donors (Lipinski definition) is 4. The first-order valence-corrected chi connectivity index (χ1v) is 16.0. The Morgan fingerprint density at radius 1 is 0.957 bits per heavy atom. The Morgan fingerprint density at radius 2 is 1.87 bits per heavy atom. The average Bonchev–Trinajstić information content (AvgIpc) is 3.55. The van der Waals surface area contributed by atoms with E-state index in [9.17, 15) is 10.2 Å². The molecule has 0 bridgehead atoms. The summed E-state index contributed by atoms with van der Waals surface area (Å²) < 4.78 is 25.4. The molecule has 3 heterocycles. The van der Waals surface area contributed by atoms with Crippen molar-refractivity contribution >= 4 is 10.9 Å². The number of benzene rings is 4. The molecule has 0 spiro atoms. The monoisotopic (exact) mass is 618 g/mol. The molecule has 8 nitrogen and oxygen atoms in total. The quantitative estimate of drug-likeness (QED) is 0.151. The van der Waals surface area contributed by atoms with Gasteiger partial charge in [-0.05, 0) is 114 Å². The van der Waals surface area contributed by atoms with E-state index in [1.54, 1.807) is 19.2 Å². The maximum Gasteiger partial charge on any atom is 0.160 e. The lowest BCUT2D eigenvalue weighted by Crippen LogP contribution is -2.37. The van der Waals surface area contributed by atoms with Gasteiger partial charge in [-0.25, -0.2) is 0 Å². The SMILES string of the molecule is CNCOC1Cc2c3c(c4c(c2OC1c1ccc(O)c(OC)c1)CCCO4)-c1ccc(O)cc1C(Cc1ccc2[nH]ccc2c1)C3. The zero-order chi connectivity index (χ0) is 31.4. The smallest absolute Gasteiger partial charge is 0.160 e. The van der Waals surface area contributed by atoms with Crippen LogP contribution in [0, 0.1) is 0 Å². The van der Waals surface area contributed by atoms with E-state index in [2.05, 4.69) is 40.6 Å². The van der Waals surface area contributed by atoms with Crippen molar-refractivity contribution in [3.8, 4) is 39.9 Å². The molecule has 0 fully saturated rings. The lowest BCUT2D eigenvalue weighted by molar-refractivity contribution is -0.0434. The van der Waals surface area contributed by atoms with Gasteiger partial charge in [0.05, 0.1) is 20.4 Å². The molecule has 0 saturated carbocycles. The van der Waals surface area contributed by atoms with Gasteiger partial charge in [-0.3, -0.25) is 5.32 Å². The molecule has 236 valence electrons. The van der Waals surface area contributed by atoms with Crippen LogP contribution in [0.1, 0.15) is 51.8 Å². The first-order chi connectivity index (χ1) is 22.5. The average molecular weight is 619 g/mol. The molecule has 2 aliphatic heterocycles. The van der Waals surface area contributed by atoms with Gasteiger partial charge < -0.3 is 34.1 Å². The molecule has 3 atom stereocenters. The number of ether oxygens (including phenoxy) is 4. The molecule has 3 aliphatic rings. The molecule has 46 heavy (non-hydrogen) atoms. The number of methoxy groups -OCH3 is 1. The zero-order valence-electron chi connectivity index (χ0n) is 26.1. The van der Waals surface area contributed by atoms with E-state index in [1.165, 1.54) is 22.1 Å². The predicted molar refractivity (Wildman–Crippen MR) is 176 cm³/mol. The van der Waals surface area contributed by atoms with Gasteiger partial charge in [-0.15, -0.1) is 0 Å². The van der Waals surface area contributed by atoms with E-state index in [0.29, 0.717) is 25.5 Å². The van der Waals surface area contributed by atoms with Crippen LogP contribution >= 0.6 is 0 Å². The summed E-state index contributed by atoms with van der Waals surface area (Å²) >= 11 is 0. The van der Waals surface area contributed by atoms with Gasteiger partial charge in [-0.1, -0.05) is 18.2 Å². The number of phenols is 2. The summed E-state index contributed by atoms with van der Waals surface area (Å²) in [7, 11) is 3.42. The molecule has 8 rings (SSSR count). The third-order valence-electron chi connectivity index (χ3n) is 9.79. The summed E-state index contributed by atoms with van der Waals surface area (Å²) in [6.45, 7) is 1.02. The van der Waals surface area contributed by atoms with Crippen LogP contribution < -0.4 is 19.5 Å². The summed E-state index contributed by atoms with van der Waals surface area (Å²) in [5, 5.41) is 25.3. The highest BCUT2D eigenvalue weighted by atomic mass is 16.6. The lowest BCUT2D eigenvalue weighted by atomic mass is 9.72. The summed E-state index contributed by atoms with van der Waals surface area (Å²) in [6.07, 6.45) is 5.33. The largest absolute Gasteiger partial charge is 0.508 e. The van der Waals surface area contributed by atoms with Crippen molar-refractivity contribution in [2.24, 2.45) is 0 Å². The van der Waals surface area contributed by atoms with Gasteiger partial charge in [0.2, 0.25) is 0 Å². The van der Waals surface area contributed by atoms with Gasteiger partial charge in [0.25, 0.3) is 0 Å². The highest BCUT2D eigenvalue weighted by Crippen LogP contribution is 2.55. The second kappa shape index (κ2) is 11.6. The van der Waals surface area contributed by atoms with Crippen LogP contribution in [-0.2, 0) is 30.4 Å². The van der Waals surface area contributed by atoms with Crippen molar-refractivity contribution in [3.05, 3.63) is 100 Å². The number of H-pyrrole nitrogens is 1. The molecular weight excluding hydrogens is 580 g/mol. The van der Waals surface area contributed by atoms with Crippen molar-refractivity contribution in [2.75, 3.05) is 27.5 Å². The normalized spacial score (nSPS) is 19.7. The maximum atomic E-state index is 10.7. The Bertz CT molecular complexity index is 1950. The van der Waals surface area contributed by atoms with Crippen molar-refractivity contribution in [3.63, 3.8) is 0 Å². The molecule has 8 heteroatoms. The Morgan fingerprint density at radius 3 is 2.74 bits per heavy atom. The molecule has 4 N–H and O–H groups in total. The first kappa shape index (κ1) is 28.8. The number of fused-ring (bicyclic) bond motifs is 9. The van der Waals surface area contributed by atoms with E-state index < -0.39 is 6.10 Å². The van der Waals surface area contributed by atoms with Crippen molar-refractivity contribution < 1.29 is 29.2 Å². The van der Waals surface area contributed by atoms with E-state index in [0.717, 1.165) is 70.5 Å². The Hall–Kier alpha value is -4.66. The Kier molecular flexibility index (Phi) is 7.26. The minimum atomic E-state index is -0.406. The van der Waals surface area contributed by atoms with Gasteiger partial charge in [0, 0.05) is 34.8 Å². The van der Waals surface area contributed by atoms with E-state index >= 15 is 0 Å². The first-order valence-electron chi connectivity index (χ1n) is 16.0. The van der Waals surface area contributed by atoms with Crippen LogP contribution in [0.3, 0.4) is 0 Å². The third kappa shape index (κ3) is 4.84. The molecule has 4 aromatic carbocycles. The molecule has 0 amide bonds. The highest BCUT2D eigenvalue weighted by Gasteiger charge is 2.41. The van der Waals surface area contributed by atoms with Gasteiger partial charge >= 0.3 is 0 Å². The number of rotatable bonds is 7. The number of aromatic hydroxyl groups is 2. The van der Waals surface area contributed by atoms with Gasteiger partial charge in [0.1, 0.15) is 23.4 Å². The standard InChI is InChI=1S/C38H38N2O6/c1-39-20-45-34-19-30-29-16-24(15-21-5-9-31-22(14-21)11-12-40-31)28-18-25(41)7-8-26(28)35(29)38-27(4-3-13-44-38)37(30)46-36(34)23-6-10-32(42)33(17-23)43-2/h5-12,14,17-18,24,34,36,39-42H,3-4,13,15-16,19-20H2,1-2H3. The fourth-order valence-electron chi connectivity index (χ4n) is 7.71. The Labute approximate surface area is 267 Å². The van der Waals surface area contributed by atoms with Crippen LogP contribution in [0.4, 0.5) is 0 Å². The van der Waals surface area contributed by atoms with Crippen LogP contribution in [0.25, 0.3) is 22.0 Å². The minimum Gasteiger partial charge on any atom is -0.508 e. The number of phenolic OH excluding ortho intramolecular Hbond substituents is 2. The summed E-state index contributed by atoms with van der Waals surface area (Å²) in [5.41, 5.74) is 10.2. The topological polar surface area (TPSA) is 105 Å². The van der Waals surface area contributed by atoms with E-state index in [1.807, 2.05) is 31.4 Å². The molecule has 1 aromatic heterocycles. The zero-order valence-corrected chi connectivity index (χ0v) is 26.1. The number of aromatic nitrogens is 1. The van der Waals surface area contributed by atoms with Crippen LogP contribution in [0.15, 0.2) is 66.9 Å². The second-order valence-corrected chi connectivity index (χ2v) is 12.6. The second-order valence-electron chi connectivity index (χ2n) is 12.6. The van der Waals surface area contributed by atoms with Gasteiger partial charge in [0.15, 0.2) is 17.6 Å². The highest BCUT2D eigenvalue weighted by molar-refractivity contribution is 5.85. The van der Waals surface area contributed by atoms with E-state index in [-0.39, 0.29) is 23.5 Å². The van der Waals surface area contributed by atoms with Crippen LogP contribution in [0.5, 0.6) is 28.7 Å². The minimum absolute atomic E-state index is 0.0846. The third-order valence-corrected chi connectivity index (χ3v) is 9.79. The summed E-state index contributed by atoms with van der Waals surface area (Å²) in [4.78, 5) is 3.30. The van der Waals surface area contributed by atoms with Crippen molar-refractivity contribution in [2.45, 2.75) is 50.2 Å². The summed E-state index contributed by atoms with van der Waals surface area (Å²) in [5.74, 6) is 2.70. The Balaban J connectivity index is 1.28. The van der Waals surface area contributed by atoms with Gasteiger partial charge in [-0.2, -0.15) is 0 Å². The predicted octanol–water partition coefficient (Wildman–Crippen LogP) is 6.70. The molecule has 3 unspecified atom stereocenters. The number of nitrogens with one attached hydrogen (secondary N) is 2. The molecule has 0 radical (unpaired) electrons.